The lowest BCUT2D eigenvalue weighted by molar-refractivity contribution is -0.336. The lowest BCUT2D eigenvalue weighted by atomic mass is 9.85. The van der Waals surface area contributed by atoms with Crippen LogP contribution >= 0.6 is 0 Å². The second-order valence-corrected chi connectivity index (χ2v) is 13.4. The van der Waals surface area contributed by atoms with Crippen molar-refractivity contribution < 1.29 is 68.8 Å². The molecule has 1 aromatic rings. The van der Waals surface area contributed by atoms with Crippen molar-refractivity contribution in [1.29, 1.82) is 0 Å². The summed E-state index contributed by atoms with van der Waals surface area (Å²) < 4.78 is 36.2. The number of rotatable bonds is 12. The van der Waals surface area contributed by atoms with Crippen LogP contribution in [0.5, 0.6) is 0 Å². The molecule has 3 fully saturated rings. The highest BCUT2D eigenvalue weighted by Crippen LogP contribution is 2.37. The van der Waals surface area contributed by atoms with E-state index in [-0.39, 0.29) is 23.8 Å². The van der Waals surface area contributed by atoms with E-state index in [0.717, 1.165) is 44.8 Å². The summed E-state index contributed by atoms with van der Waals surface area (Å²) in [7, 11) is 0. The minimum atomic E-state index is -1.62. The van der Waals surface area contributed by atoms with Crippen molar-refractivity contribution in [3.8, 4) is 0 Å². The molecule has 2 heterocycles. The van der Waals surface area contributed by atoms with E-state index < -0.39 is 91.8 Å². The Balaban J connectivity index is 1.43. The fraction of sp³-hybridized carbons (Fsp3) is 0.706. The van der Waals surface area contributed by atoms with Crippen LogP contribution in [0.4, 0.5) is 0 Å². The number of hydrogen-bond acceptors (Lipinski definition) is 14. The Hall–Kier alpha value is -2.86. The lowest BCUT2D eigenvalue weighted by Crippen LogP contribution is -2.63. The number of amides is 1. The van der Waals surface area contributed by atoms with E-state index in [1.165, 1.54) is 0 Å². The fourth-order valence-corrected chi connectivity index (χ4v) is 7.16. The standard InChI is InChI=1S/C34H49NO14/c1-18-9-8-14-22(28(18)49-33-27(40)25(38)21(37)17-44-33)46-34-30(48-32(42)20-12-6-3-7-13-20)29(26(39)24(16-36)47-34)45-23(31(41)35-43)15-19-10-4-2-5-11-19/h3,6-7,12-13,17-19,22-30,33-34,36-40,43H,2,4-5,8-11,14-16H2,1H3,(H,35,41)/t18?,22?,23-,24?,25?,26?,27?,28?,29?,30?,33?,34?/m0/s1. The smallest absolute Gasteiger partial charge is 0.338 e. The van der Waals surface area contributed by atoms with Crippen molar-refractivity contribution in [1.82, 2.24) is 5.48 Å². The van der Waals surface area contributed by atoms with Gasteiger partial charge in [-0.1, -0.05) is 63.6 Å². The van der Waals surface area contributed by atoms with Gasteiger partial charge in [0.2, 0.25) is 6.29 Å². The zero-order valence-electron chi connectivity index (χ0n) is 27.5. The maximum Gasteiger partial charge on any atom is 0.338 e. The zero-order valence-corrected chi connectivity index (χ0v) is 27.5. The molecular formula is C34H49NO14. The predicted molar refractivity (Wildman–Crippen MR) is 168 cm³/mol. The molecule has 0 aromatic heterocycles. The van der Waals surface area contributed by atoms with Crippen LogP contribution in [0.2, 0.25) is 0 Å². The van der Waals surface area contributed by atoms with Crippen LogP contribution in [0.3, 0.4) is 0 Å². The molecule has 1 amide bonds. The third kappa shape index (κ3) is 9.09. The summed E-state index contributed by atoms with van der Waals surface area (Å²) in [5.74, 6) is -2.21. The number of aliphatic hydroxyl groups is 5. The Labute approximate surface area is 284 Å². The molecule has 2 aliphatic heterocycles. The summed E-state index contributed by atoms with van der Waals surface area (Å²) in [5, 5.41) is 61.7. The second-order valence-electron chi connectivity index (χ2n) is 13.4. The van der Waals surface area contributed by atoms with Crippen molar-refractivity contribution in [2.75, 3.05) is 6.61 Å². The first-order valence-corrected chi connectivity index (χ1v) is 17.1. The Morgan fingerprint density at radius 3 is 2.35 bits per heavy atom. The van der Waals surface area contributed by atoms with Crippen LogP contribution in [0.25, 0.3) is 0 Å². The summed E-state index contributed by atoms with van der Waals surface area (Å²) in [6, 6.07) is 8.11. The van der Waals surface area contributed by atoms with Gasteiger partial charge in [-0.25, -0.2) is 10.3 Å². The monoisotopic (exact) mass is 695 g/mol. The van der Waals surface area contributed by atoms with Gasteiger partial charge in [0.1, 0.15) is 42.9 Å². The number of nitrogens with one attached hydrogen (secondary N) is 1. The minimum Gasteiger partial charge on any atom is -0.506 e. The van der Waals surface area contributed by atoms with Crippen molar-refractivity contribution in [3.63, 3.8) is 0 Å². The van der Waals surface area contributed by atoms with Gasteiger partial charge in [-0.05, 0) is 43.2 Å². The fourth-order valence-electron chi connectivity index (χ4n) is 7.16. The number of benzene rings is 1. The molecule has 1 saturated heterocycles. The van der Waals surface area contributed by atoms with Gasteiger partial charge in [-0.3, -0.25) is 10.0 Å². The summed E-state index contributed by atoms with van der Waals surface area (Å²) in [5.41, 5.74) is 1.84. The Morgan fingerprint density at radius 2 is 1.65 bits per heavy atom. The normalized spacial score (nSPS) is 36.2. The van der Waals surface area contributed by atoms with E-state index in [9.17, 15) is 40.3 Å². The molecule has 0 spiro atoms. The summed E-state index contributed by atoms with van der Waals surface area (Å²) in [6.45, 7) is 1.24. The van der Waals surface area contributed by atoms with Crippen LogP contribution in [0.1, 0.15) is 75.1 Å². The third-order valence-corrected chi connectivity index (χ3v) is 9.95. The van der Waals surface area contributed by atoms with Crippen molar-refractivity contribution in [2.24, 2.45) is 11.8 Å². The average Bonchev–Trinajstić information content (AvgIpc) is 3.12. The zero-order chi connectivity index (χ0) is 35.1. The first-order valence-electron chi connectivity index (χ1n) is 17.1. The van der Waals surface area contributed by atoms with Crippen LogP contribution < -0.4 is 5.48 Å². The molecule has 15 nitrogen and oxygen atoms in total. The van der Waals surface area contributed by atoms with Gasteiger partial charge in [0.05, 0.1) is 24.4 Å². The van der Waals surface area contributed by atoms with Gasteiger partial charge < -0.3 is 54.0 Å². The first kappa shape index (κ1) is 37.4. The van der Waals surface area contributed by atoms with Crippen molar-refractivity contribution in [2.45, 2.75) is 132 Å². The van der Waals surface area contributed by atoms with Gasteiger partial charge in [-0.15, -0.1) is 0 Å². The SMILES string of the molecule is CC1CCCC(OC2OC(CO)C(O)C(O[C@@H](CC3CCCCC3)C(=O)NO)C2OC(=O)c2ccccc2)C1OC1OC=C(O)C(O)C1O. The van der Waals surface area contributed by atoms with Crippen molar-refractivity contribution in [3.05, 3.63) is 47.9 Å². The van der Waals surface area contributed by atoms with E-state index in [4.69, 9.17) is 28.4 Å². The summed E-state index contributed by atoms with van der Waals surface area (Å²) in [4.78, 5) is 26.4. The predicted octanol–water partition coefficient (Wildman–Crippen LogP) is 1.59. The Morgan fingerprint density at radius 1 is 0.918 bits per heavy atom. The number of hydrogen-bond donors (Lipinski definition) is 7. The molecule has 12 atom stereocenters. The topological polar surface area (TPSA) is 223 Å². The molecule has 11 unspecified atom stereocenters. The maximum atomic E-state index is 13.5. The number of esters is 1. The van der Waals surface area contributed by atoms with Crippen LogP contribution in [-0.2, 0) is 33.2 Å². The number of aliphatic hydroxyl groups excluding tert-OH is 5. The molecule has 15 heteroatoms. The van der Waals surface area contributed by atoms with Crippen LogP contribution in [0, 0.1) is 11.8 Å². The number of ether oxygens (including phenoxy) is 6. The minimum absolute atomic E-state index is 0.119. The van der Waals surface area contributed by atoms with E-state index in [2.05, 4.69) is 0 Å². The molecule has 274 valence electrons. The Bertz CT molecular complexity index is 1240. The summed E-state index contributed by atoms with van der Waals surface area (Å²) >= 11 is 0. The van der Waals surface area contributed by atoms with Gasteiger partial charge >= 0.3 is 5.97 Å². The van der Waals surface area contributed by atoms with Gasteiger partial charge in [0.15, 0.2) is 18.2 Å². The van der Waals surface area contributed by atoms with E-state index in [1.54, 1.807) is 35.8 Å². The number of carbonyl (C=O) groups excluding carboxylic acids is 2. The molecule has 5 rings (SSSR count). The lowest BCUT2D eigenvalue weighted by Gasteiger charge is -2.47. The van der Waals surface area contributed by atoms with Gasteiger partial charge in [0.25, 0.3) is 5.91 Å². The number of hydroxylamine groups is 1. The number of carbonyl (C=O) groups is 2. The molecule has 4 aliphatic rings. The first-order chi connectivity index (χ1) is 23.6. The van der Waals surface area contributed by atoms with Gasteiger partial charge in [0, 0.05) is 0 Å². The highest BCUT2D eigenvalue weighted by atomic mass is 16.7. The molecular weight excluding hydrogens is 646 g/mol. The van der Waals surface area contributed by atoms with E-state index in [0.29, 0.717) is 12.8 Å². The molecule has 1 aromatic carbocycles. The highest BCUT2D eigenvalue weighted by Gasteiger charge is 2.52. The van der Waals surface area contributed by atoms with E-state index in [1.807, 2.05) is 6.92 Å². The maximum absolute atomic E-state index is 13.5. The second kappa shape index (κ2) is 17.4. The molecule has 49 heavy (non-hydrogen) atoms. The average molecular weight is 696 g/mol. The molecule has 0 radical (unpaired) electrons. The quantitative estimate of drug-likeness (QED) is 0.0938. The molecule has 2 aliphatic carbocycles. The third-order valence-electron chi connectivity index (χ3n) is 9.95. The van der Waals surface area contributed by atoms with Crippen LogP contribution in [-0.4, -0.2) is 117 Å². The highest BCUT2D eigenvalue weighted by molar-refractivity contribution is 5.89. The Kier molecular flexibility index (Phi) is 13.3. The van der Waals surface area contributed by atoms with E-state index >= 15 is 0 Å². The molecule has 7 N–H and O–H groups in total. The van der Waals surface area contributed by atoms with Crippen molar-refractivity contribution >= 4 is 11.9 Å². The van der Waals surface area contributed by atoms with Crippen LogP contribution in [0.15, 0.2) is 42.4 Å². The molecule has 2 saturated carbocycles. The largest absolute Gasteiger partial charge is 0.506 e. The van der Waals surface area contributed by atoms with Gasteiger partial charge in [-0.2, -0.15) is 0 Å². The molecule has 0 bridgehead atoms. The summed E-state index contributed by atoms with van der Waals surface area (Å²) in [6.07, 6.45) is -6.78.